The van der Waals surface area contributed by atoms with Gasteiger partial charge in [0.2, 0.25) is 5.91 Å². The molecule has 0 aliphatic carbocycles. The van der Waals surface area contributed by atoms with Gasteiger partial charge in [0.25, 0.3) is 0 Å². The van der Waals surface area contributed by atoms with Crippen molar-refractivity contribution in [3.63, 3.8) is 0 Å². The van der Waals surface area contributed by atoms with Gasteiger partial charge in [-0.3, -0.25) is 14.5 Å². The Morgan fingerprint density at radius 2 is 1.75 bits per heavy atom. The molecule has 0 aromatic heterocycles. The maximum atomic E-state index is 12.0. The molecule has 1 amide bonds. The Labute approximate surface area is 120 Å². The van der Waals surface area contributed by atoms with E-state index in [4.69, 9.17) is 9.47 Å². The summed E-state index contributed by atoms with van der Waals surface area (Å²) in [5, 5.41) is 2.78. The fourth-order valence-corrected chi connectivity index (χ4v) is 1.63. The van der Waals surface area contributed by atoms with Crippen molar-refractivity contribution < 1.29 is 23.8 Å². The van der Waals surface area contributed by atoms with E-state index in [1.807, 2.05) is 4.90 Å². The van der Waals surface area contributed by atoms with Gasteiger partial charge >= 0.3 is 5.97 Å². The van der Waals surface area contributed by atoms with Crippen LogP contribution in [0.4, 0.5) is 0 Å². The molecule has 7 heteroatoms. The van der Waals surface area contributed by atoms with E-state index < -0.39 is 0 Å². The van der Waals surface area contributed by atoms with Gasteiger partial charge in [0, 0.05) is 33.9 Å². The van der Waals surface area contributed by atoms with Crippen LogP contribution in [-0.2, 0) is 23.8 Å². The van der Waals surface area contributed by atoms with Gasteiger partial charge in [-0.15, -0.1) is 0 Å². The summed E-state index contributed by atoms with van der Waals surface area (Å²) in [6.45, 7) is 4.26. The molecule has 0 bridgehead atoms. The SMILES string of the molecule is COCCNC(=O)C(C)N(CCOC)CCC(=O)OC. The summed E-state index contributed by atoms with van der Waals surface area (Å²) in [6, 6.07) is -0.341. The molecule has 0 fully saturated rings. The zero-order valence-electron chi connectivity index (χ0n) is 12.8. The van der Waals surface area contributed by atoms with Crippen LogP contribution in [0.1, 0.15) is 13.3 Å². The van der Waals surface area contributed by atoms with Gasteiger partial charge in [-0.25, -0.2) is 0 Å². The highest BCUT2D eigenvalue weighted by atomic mass is 16.5. The Morgan fingerprint density at radius 1 is 1.10 bits per heavy atom. The van der Waals surface area contributed by atoms with E-state index >= 15 is 0 Å². The third-order valence-electron chi connectivity index (χ3n) is 2.95. The number of carbonyl (C=O) groups is 2. The number of nitrogens with zero attached hydrogens (tertiary/aromatic N) is 1. The van der Waals surface area contributed by atoms with Crippen LogP contribution in [0, 0.1) is 0 Å². The van der Waals surface area contributed by atoms with Crippen molar-refractivity contribution in [3.05, 3.63) is 0 Å². The molecule has 0 aromatic rings. The van der Waals surface area contributed by atoms with Crippen molar-refractivity contribution in [1.29, 1.82) is 0 Å². The molecule has 1 unspecified atom stereocenters. The predicted octanol–water partition coefficient (Wildman–Crippen LogP) is -0.351. The summed E-state index contributed by atoms with van der Waals surface area (Å²) in [7, 11) is 4.53. The molecule has 0 aliphatic heterocycles. The topological polar surface area (TPSA) is 77.1 Å². The Hall–Kier alpha value is -1.18. The Kier molecular flexibility index (Phi) is 10.9. The number of esters is 1. The zero-order valence-corrected chi connectivity index (χ0v) is 12.8. The van der Waals surface area contributed by atoms with Crippen LogP contribution in [-0.4, -0.2) is 77.0 Å². The van der Waals surface area contributed by atoms with Crippen LogP contribution >= 0.6 is 0 Å². The standard InChI is InChI=1S/C13H26N2O5/c1-11(13(17)14-6-9-18-2)15(8-10-19-3)7-5-12(16)20-4/h11H,5-10H2,1-4H3,(H,14,17). The van der Waals surface area contributed by atoms with Crippen molar-refractivity contribution in [2.75, 3.05) is 54.2 Å². The third kappa shape index (κ3) is 8.08. The normalized spacial score (nSPS) is 12.2. The molecule has 1 atom stereocenters. The van der Waals surface area contributed by atoms with Crippen molar-refractivity contribution >= 4 is 11.9 Å². The van der Waals surface area contributed by atoms with Gasteiger partial charge in [-0.2, -0.15) is 0 Å². The zero-order chi connectivity index (χ0) is 15.4. The van der Waals surface area contributed by atoms with Crippen molar-refractivity contribution in [1.82, 2.24) is 10.2 Å². The van der Waals surface area contributed by atoms with E-state index in [9.17, 15) is 9.59 Å². The van der Waals surface area contributed by atoms with Crippen LogP contribution in [0.2, 0.25) is 0 Å². The minimum Gasteiger partial charge on any atom is -0.469 e. The monoisotopic (exact) mass is 290 g/mol. The number of methoxy groups -OCH3 is 3. The highest BCUT2D eigenvalue weighted by Gasteiger charge is 2.21. The van der Waals surface area contributed by atoms with Crippen LogP contribution in [0.3, 0.4) is 0 Å². The molecule has 0 aliphatic rings. The number of rotatable bonds is 11. The van der Waals surface area contributed by atoms with Crippen LogP contribution < -0.4 is 5.32 Å². The lowest BCUT2D eigenvalue weighted by molar-refractivity contribution is -0.141. The summed E-state index contributed by atoms with van der Waals surface area (Å²) in [6.07, 6.45) is 0.246. The molecule has 0 rings (SSSR count). The number of hydrogen-bond donors (Lipinski definition) is 1. The average molecular weight is 290 g/mol. The number of nitrogens with one attached hydrogen (secondary N) is 1. The highest BCUT2D eigenvalue weighted by Crippen LogP contribution is 2.02. The predicted molar refractivity (Wildman–Crippen MR) is 74.4 cm³/mol. The molecule has 0 saturated heterocycles. The maximum absolute atomic E-state index is 12.0. The fourth-order valence-electron chi connectivity index (χ4n) is 1.63. The molecule has 1 N–H and O–H groups in total. The Bertz CT molecular complexity index is 286. The van der Waals surface area contributed by atoms with E-state index in [2.05, 4.69) is 10.1 Å². The average Bonchev–Trinajstić information content (AvgIpc) is 2.46. The first kappa shape index (κ1) is 18.8. The summed E-state index contributed by atoms with van der Waals surface area (Å²) in [5.41, 5.74) is 0. The number of hydrogen-bond acceptors (Lipinski definition) is 6. The van der Waals surface area contributed by atoms with Gasteiger partial charge < -0.3 is 19.5 Å². The van der Waals surface area contributed by atoms with E-state index in [-0.39, 0.29) is 24.3 Å². The number of carbonyl (C=O) groups excluding carboxylic acids is 2. The second-order valence-electron chi connectivity index (χ2n) is 4.31. The molecule has 0 aromatic carbocycles. The molecular weight excluding hydrogens is 264 g/mol. The molecule has 0 heterocycles. The molecule has 0 spiro atoms. The van der Waals surface area contributed by atoms with E-state index in [1.54, 1.807) is 21.1 Å². The number of amides is 1. The first-order chi connectivity index (χ1) is 9.56. The molecule has 0 radical (unpaired) electrons. The van der Waals surface area contributed by atoms with Crippen LogP contribution in [0.15, 0.2) is 0 Å². The lowest BCUT2D eigenvalue weighted by Gasteiger charge is -2.27. The molecule has 0 saturated carbocycles. The molecule has 7 nitrogen and oxygen atoms in total. The lowest BCUT2D eigenvalue weighted by atomic mass is 10.2. The molecule has 118 valence electrons. The van der Waals surface area contributed by atoms with Crippen molar-refractivity contribution in [3.8, 4) is 0 Å². The van der Waals surface area contributed by atoms with Crippen molar-refractivity contribution in [2.45, 2.75) is 19.4 Å². The number of ether oxygens (including phenoxy) is 3. The minimum absolute atomic E-state index is 0.0944. The Balaban J connectivity index is 4.33. The summed E-state index contributed by atoms with van der Waals surface area (Å²) < 4.78 is 14.5. The highest BCUT2D eigenvalue weighted by molar-refractivity contribution is 5.81. The van der Waals surface area contributed by atoms with Gasteiger partial charge in [-0.05, 0) is 6.92 Å². The van der Waals surface area contributed by atoms with Gasteiger partial charge in [0.1, 0.15) is 0 Å². The maximum Gasteiger partial charge on any atom is 0.306 e. The molecular formula is C13H26N2O5. The van der Waals surface area contributed by atoms with E-state index in [1.165, 1.54) is 7.11 Å². The largest absolute Gasteiger partial charge is 0.469 e. The van der Waals surface area contributed by atoms with Gasteiger partial charge in [-0.1, -0.05) is 0 Å². The van der Waals surface area contributed by atoms with Crippen LogP contribution in [0.5, 0.6) is 0 Å². The fraction of sp³-hybridized carbons (Fsp3) is 0.846. The van der Waals surface area contributed by atoms with E-state index in [0.717, 1.165) is 0 Å². The molecule has 20 heavy (non-hydrogen) atoms. The quantitative estimate of drug-likeness (QED) is 0.414. The van der Waals surface area contributed by atoms with Gasteiger partial charge in [0.15, 0.2) is 0 Å². The smallest absolute Gasteiger partial charge is 0.306 e. The third-order valence-corrected chi connectivity index (χ3v) is 2.95. The van der Waals surface area contributed by atoms with Crippen molar-refractivity contribution in [2.24, 2.45) is 0 Å². The second kappa shape index (κ2) is 11.6. The lowest BCUT2D eigenvalue weighted by Crippen LogP contribution is -2.47. The van der Waals surface area contributed by atoms with Crippen LogP contribution in [0.25, 0.3) is 0 Å². The Morgan fingerprint density at radius 3 is 2.30 bits per heavy atom. The second-order valence-corrected chi connectivity index (χ2v) is 4.31. The summed E-state index contributed by atoms with van der Waals surface area (Å²) >= 11 is 0. The summed E-state index contributed by atoms with van der Waals surface area (Å²) in [4.78, 5) is 25.1. The minimum atomic E-state index is -0.341. The first-order valence-electron chi connectivity index (χ1n) is 6.63. The first-order valence-corrected chi connectivity index (χ1v) is 6.63. The van der Waals surface area contributed by atoms with E-state index in [0.29, 0.717) is 32.8 Å². The summed E-state index contributed by atoms with van der Waals surface area (Å²) in [5.74, 6) is -0.387. The van der Waals surface area contributed by atoms with Gasteiger partial charge in [0.05, 0.1) is 32.8 Å².